The Morgan fingerprint density at radius 3 is 2.25 bits per heavy atom. The van der Waals surface area contributed by atoms with Gasteiger partial charge in [0.15, 0.2) is 0 Å². The van der Waals surface area contributed by atoms with E-state index in [-0.39, 0.29) is 6.61 Å². The molecular weight excluding hydrogens is 260 g/mol. The van der Waals surface area contributed by atoms with Crippen LogP contribution >= 0.6 is 0 Å². The van der Waals surface area contributed by atoms with Crippen LogP contribution in [-0.4, -0.2) is 6.21 Å². The lowest BCUT2D eigenvalue weighted by atomic mass is 10.1. The summed E-state index contributed by atoms with van der Waals surface area (Å²) in [6.07, 6.45) is 3.68. The molecule has 0 aliphatic rings. The molecule has 0 heterocycles. The van der Waals surface area contributed by atoms with Crippen molar-refractivity contribution >= 4 is 6.21 Å². The largest absolute Gasteiger partial charge is 0.390 e. The molecule has 0 bridgehead atoms. The van der Waals surface area contributed by atoms with Crippen molar-refractivity contribution in [3.63, 3.8) is 0 Å². The van der Waals surface area contributed by atoms with Crippen molar-refractivity contribution < 1.29 is 13.6 Å². The van der Waals surface area contributed by atoms with Crippen molar-refractivity contribution in [3.05, 3.63) is 70.8 Å². The van der Waals surface area contributed by atoms with Crippen LogP contribution in [0.1, 0.15) is 23.6 Å². The van der Waals surface area contributed by atoms with Crippen LogP contribution in [0.5, 0.6) is 0 Å². The Labute approximate surface area is 116 Å². The van der Waals surface area contributed by atoms with Crippen LogP contribution in [0.2, 0.25) is 0 Å². The van der Waals surface area contributed by atoms with Crippen LogP contribution in [0.4, 0.5) is 8.78 Å². The van der Waals surface area contributed by atoms with E-state index in [0.29, 0.717) is 5.56 Å². The zero-order valence-electron chi connectivity index (χ0n) is 11.1. The molecule has 0 aromatic heterocycles. The van der Waals surface area contributed by atoms with Crippen LogP contribution in [0, 0.1) is 11.6 Å². The predicted octanol–water partition coefficient (Wildman–Crippen LogP) is 3.95. The van der Waals surface area contributed by atoms with Gasteiger partial charge in [-0.2, -0.15) is 0 Å². The van der Waals surface area contributed by atoms with Crippen LogP contribution in [0.3, 0.4) is 0 Å². The van der Waals surface area contributed by atoms with Gasteiger partial charge < -0.3 is 4.84 Å². The number of halogens is 2. The Balaban J connectivity index is 1.89. The smallest absolute Gasteiger partial charge is 0.142 e. The van der Waals surface area contributed by atoms with Gasteiger partial charge in [0.25, 0.3) is 0 Å². The zero-order valence-corrected chi connectivity index (χ0v) is 11.1. The van der Waals surface area contributed by atoms with Crippen LogP contribution in [-0.2, 0) is 17.9 Å². The Hall–Kier alpha value is -2.23. The highest BCUT2D eigenvalue weighted by Gasteiger charge is 2.00. The Morgan fingerprint density at radius 1 is 1.00 bits per heavy atom. The van der Waals surface area contributed by atoms with Crippen molar-refractivity contribution in [1.82, 2.24) is 0 Å². The van der Waals surface area contributed by atoms with E-state index in [4.69, 9.17) is 4.84 Å². The molecule has 20 heavy (non-hydrogen) atoms. The van der Waals surface area contributed by atoms with Gasteiger partial charge in [0.05, 0.1) is 0 Å². The molecule has 0 atom stereocenters. The first-order valence-electron chi connectivity index (χ1n) is 6.29. The molecule has 2 aromatic rings. The standard InChI is InChI=1S/C16H14F2NO/c1-2-12-3-5-13(6-4-12)10-19-20-11-14-7-15(17)9-16(18)8-14/h3-9H,2,11H2,1H3. The van der Waals surface area contributed by atoms with Gasteiger partial charge in [0.1, 0.15) is 24.5 Å². The predicted molar refractivity (Wildman–Crippen MR) is 73.5 cm³/mol. The average Bonchev–Trinajstić information content (AvgIpc) is 2.43. The summed E-state index contributed by atoms with van der Waals surface area (Å²) >= 11 is 0. The third kappa shape index (κ3) is 4.16. The molecule has 0 spiro atoms. The summed E-state index contributed by atoms with van der Waals surface area (Å²) in [5.74, 6) is -1.27. The fourth-order valence-corrected chi connectivity index (χ4v) is 1.70. The molecule has 4 heteroatoms. The third-order valence-electron chi connectivity index (χ3n) is 2.76. The van der Waals surface area contributed by atoms with Crippen molar-refractivity contribution in [2.75, 3.05) is 0 Å². The van der Waals surface area contributed by atoms with Gasteiger partial charge in [-0.1, -0.05) is 36.3 Å². The average molecular weight is 274 g/mol. The maximum absolute atomic E-state index is 12.9. The monoisotopic (exact) mass is 274 g/mol. The lowest BCUT2D eigenvalue weighted by molar-refractivity contribution is 0.131. The van der Waals surface area contributed by atoms with Crippen molar-refractivity contribution in [2.45, 2.75) is 20.0 Å². The second-order valence-electron chi connectivity index (χ2n) is 4.30. The molecule has 0 amide bonds. The summed E-state index contributed by atoms with van der Waals surface area (Å²) in [5, 5.41) is 3.66. The van der Waals surface area contributed by atoms with Gasteiger partial charge >= 0.3 is 0 Å². The molecule has 0 saturated heterocycles. The lowest BCUT2D eigenvalue weighted by Crippen LogP contribution is -1.91. The number of nitrogens with zero attached hydrogens (tertiary/aromatic N) is 1. The van der Waals surface area contributed by atoms with Gasteiger partial charge in [-0.3, -0.25) is 0 Å². The number of benzene rings is 2. The number of hydrogen-bond acceptors (Lipinski definition) is 2. The molecule has 0 fully saturated rings. The van der Waals surface area contributed by atoms with Crippen molar-refractivity contribution in [2.24, 2.45) is 5.16 Å². The maximum Gasteiger partial charge on any atom is 0.142 e. The number of aryl methyl sites for hydroxylation is 1. The van der Waals surface area contributed by atoms with Gasteiger partial charge in [-0.15, -0.1) is 0 Å². The Kier molecular flexibility index (Phi) is 4.82. The highest BCUT2D eigenvalue weighted by atomic mass is 19.1. The molecule has 0 unspecified atom stereocenters. The summed E-state index contributed by atoms with van der Waals surface area (Å²) in [7, 11) is 0. The molecule has 0 aliphatic carbocycles. The second-order valence-corrected chi connectivity index (χ2v) is 4.30. The molecule has 0 saturated carbocycles. The summed E-state index contributed by atoms with van der Waals surface area (Å²) in [4.78, 5) is 4.97. The molecule has 103 valence electrons. The van der Waals surface area contributed by atoms with E-state index in [1.165, 1.54) is 17.7 Å². The summed E-state index contributed by atoms with van der Waals surface area (Å²) in [6.45, 7) is 2.07. The fraction of sp³-hybridized carbons (Fsp3) is 0.188. The van der Waals surface area contributed by atoms with E-state index >= 15 is 0 Å². The minimum atomic E-state index is -0.633. The Bertz CT molecular complexity index is 574. The fourth-order valence-electron chi connectivity index (χ4n) is 1.70. The molecule has 2 rings (SSSR count). The first-order chi connectivity index (χ1) is 9.67. The molecule has 0 aliphatic heterocycles. The molecule has 2 aromatic carbocycles. The van der Waals surface area contributed by atoms with Crippen LogP contribution in [0.25, 0.3) is 0 Å². The maximum atomic E-state index is 12.9. The van der Waals surface area contributed by atoms with Crippen LogP contribution < -0.4 is 0 Å². The number of hydrogen-bond donors (Lipinski definition) is 0. The normalized spacial score (nSPS) is 10.9. The zero-order chi connectivity index (χ0) is 14.4. The SMILES string of the molecule is CCc1ccc(/[C]=N\OCc2cc(F)cc(F)c2)cc1. The number of rotatable bonds is 5. The Morgan fingerprint density at radius 2 is 1.65 bits per heavy atom. The molecular formula is C16H14F2NO. The van der Waals surface area contributed by atoms with E-state index in [1.807, 2.05) is 24.3 Å². The van der Waals surface area contributed by atoms with E-state index < -0.39 is 11.6 Å². The van der Waals surface area contributed by atoms with Gasteiger partial charge in [-0.25, -0.2) is 8.78 Å². The highest BCUT2D eigenvalue weighted by Crippen LogP contribution is 2.09. The van der Waals surface area contributed by atoms with E-state index in [9.17, 15) is 8.78 Å². The first-order valence-corrected chi connectivity index (χ1v) is 6.29. The third-order valence-corrected chi connectivity index (χ3v) is 2.76. The summed E-state index contributed by atoms with van der Waals surface area (Å²) < 4.78 is 25.9. The van der Waals surface area contributed by atoms with Crippen molar-refractivity contribution in [1.29, 1.82) is 0 Å². The minimum absolute atomic E-state index is 0.00523. The van der Waals surface area contributed by atoms with Crippen LogP contribution in [0.15, 0.2) is 47.6 Å². The van der Waals surface area contributed by atoms with Gasteiger partial charge in [-0.05, 0) is 29.7 Å². The quantitative estimate of drug-likeness (QED) is 0.597. The van der Waals surface area contributed by atoms with E-state index in [1.54, 1.807) is 0 Å². The van der Waals surface area contributed by atoms with E-state index in [0.717, 1.165) is 18.1 Å². The first kappa shape index (κ1) is 14.2. The topological polar surface area (TPSA) is 21.6 Å². The van der Waals surface area contributed by atoms with Crippen molar-refractivity contribution in [3.8, 4) is 0 Å². The van der Waals surface area contributed by atoms with Gasteiger partial charge in [0.2, 0.25) is 0 Å². The summed E-state index contributed by atoms with van der Waals surface area (Å²) in [5.41, 5.74) is 2.40. The molecule has 0 N–H and O–H groups in total. The minimum Gasteiger partial charge on any atom is -0.390 e. The summed E-state index contributed by atoms with van der Waals surface area (Å²) in [6, 6.07) is 11.0. The van der Waals surface area contributed by atoms with Gasteiger partial charge in [0, 0.05) is 11.6 Å². The molecule has 2 nitrogen and oxygen atoms in total. The van der Waals surface area contributed by atoms with E-state index in [2.05, 4.69) is 18.3 Å². The highest BCUT2D eigenvalue weighted by molar-refractivity contribution is 5.79. The lowest BCUT2D eigenvalue weighted by Gasteiger charge is -2.00. The second kappa shape index (κ2) is 6.80. The molecule has 1 radical (unpaired) electrons.